The highest BCUT2D eigenvalue weighted by molar-refractivity contribution is 5.49. The first-order valence-electron chi connectivity index (χ1n) is 5.77. The third-order valence-corrected chi connectivity index (χ3v) is 3.40. The summed E-state index contributed by atoms with van der Waals surface area (Å²) in [6, 6.07) is 17.3. The summed E-state index contributed by atoms with van der Waals surface area (Å²) < 4.78 is 5.73. The number of benzene rings is 2. The fourth-order valence-corrected chi connectivity index (χ4v) is 2.46. The zero-order valence-electron chi connectivity index (χ0n) is 9.63. The average Bonchev–Trinajstić information content (AvgIpc) is 2.64. The van der Waals surface area contributed by atoms with Gasteiger partial charge < -0.3 is 9.84 Å². The van der Waals surface area contributed by atoms with Crippen LogP contribution in [-0.2, 0) is 5.60 Å². The van der Waals surface area contributed by atoms with E-state index in [2.05, 4.69) is 0 Å². The van der Waals surface area contributed by atoms with Gasteiger partial charge in [-0.1, -0.05) is 48.5 Å². The summed E-state index contributed by atoms with van der Waals surface area (Å²) in [4.78, 5) is 0. The Bertz CT molecular complexity index is 536. The van der Waals surface area contributed by atoms with Crippen LogP contribution in [0.15, 0.2) is 54.6 Å². The van der Waals surface area contributed by atoms with Crippen molar-refractivity contribution in [3.8, 4) is 5.75 Å². The van der Waals surface area contributed by atoms with Crippen LogP contribution in [-0.4, -0.2) is 11.2 Å². The Morgan fingerprint density at radius 1 is 1.00 bits per heavy atom. The molecule has 0 spiro atoms. The highest BCUT2D eigenvalue weighted by Crippen LogP contribution is 2.45. The van der Waals surface area contributed by atoms with Crippen LogP contribution in [0.5, 0.6) is 5.75 Å². The van der Waals surface area contributed by atoms with Crippen molar-refractivity contribution < 1.29 is 9.84 Å². The number of hydrogen-bond donors (Lipinski definition) is 1. The Kier molecular flexibility index (Phi) is 2.20. The SMILES string of the molecule is C[C@@H]1Oc2ccccc2[C@@]1(O)c1ccccc1. The molecule has 0 unspecified atom stereocenters. The molecule has 0 saturated heterocycles. The van der Waals surface area contributed by atoms with Gasteiger partial charge in [-0.05, 0) is 18.6 Å². The van der Waals surface area contributed by atoms with Crippen LogP contribution in [0.25, 0.3) is 0 Å². The Morgan fingerprint density at radius 3 is 2.41 bits per heavy atom. The molecular weight excluding hydrogens is 212 g/mol. The van der Waals surface area contributed by atoms with Crippen molar-refractivity contribution >= 4 is 0 Å². The Morgan fingerprint density at radius 2 is 1.65 bits per heavy atom. The highest BCUT2D eigenvalue weighted by atomic mass is 16.5. The molecule has 0 amide bonds. The normalized spacial score (nSPS) is 26.4. The lowest BCUT2D eigenvalue weighted by molar-refractivity contribution is 0.00393. The van der Waals surface area contributed by atoms with E-state index in [1.807, 2.05) is 61.5 Å². The molecule has 2 nitrogen and oxygen atoms in total. The van der Waals surface area contributed by atoms with E-state index in [9.17, 15) is 5.11 Å². The molecule has 1 heterocycles. The minimum absolute atomic E-state index is 0.276. The van der Waals surface area contributed by atoms with Gasteiger partial charge in [-0.25, -0.2) is 0 Å². The maximum absolute atomic E-state index is 11.0. The Labute approximate surface area is 100 Å². The molecule has 2 atom stereocenters. The Balaban J connectivity index is 2.20. The molecular formula is C15H14O2. The highest BCUT2D eigenvalue weighted by Gasteiger charge is 2.46. The lowest BCUT2D eigenvalue weighted by Gasteiger charge is -2.27. The maximum Gasteiger partial charge on any atom is 0.155 e. The molecule has 0 aliphatic carbocycles. The van der Waals surface area contributed by atoms with Gasteiger partial charge >= 0.3 is 0 Å². The van der Waals surface area contributed by atoms with Gasteiger partial charge in [-0.2, -0.15) is 0 Å². The molecule has 17 heavy (non-hydrogen) atoms. The van der Waals surface area contributed by atoms with Gasteiger partial charge in [0, 0.05) is 5.56 Å². The number of para-hydroxylation sites is 1. The second-order valence-corrected chi connectivity index (χ2v) is 4.39. The molecule has 1 N–H and O–H groups in total. The standard InChI is InChI=1S/C15H14O2/c1-11-15(16,12-7-3-2-4-8-12)13-9-5-6-10-14(13)17-11/h2-11,16H,1H3/t11-,15-/m0/s1. The average molecular weight is 226 g/mol. The molecule has 3 rings (SSSR count). The molecule has 0 saturated carbocycles. The van der Waals surface area contributed by atoms with Gasteiger partial charge in [0.05, 0.1) is 0 Å². The van der Waals surface area contributed by atoms with Crippen molar-refractivity contribution in [3.05, 3.63) is 65.7 Å². The molecule has 86 valence electrons. The van der Waals surface area contributed by atoms with Gasteiger partial charge in [-0.15, -0.1) is 0 Å². The van der Waals surface area contributed by atoms with Crippen molar-refractivity contribution in [2.24, 2.45) is 0 Å². The molecule has 0 fully saturated rings. The van der Waals surface area contributed by atoms with Gasteiger partial charge in [0.1, 0.15) is 11.9 Å². The van der Waals surface area contributed by atoms with E-state index < -0.39 is 5.60 Å². The minimum Gasteiger partial charge on any atom is -0.487 e. The minimum atomic E-state index is -1.04. The third kappa shape index (κ3) is 1.38. The van der Waals surface area contributed by atoms with Gasteiger partial charge in [0.2, 0.25) is 0 Å². The van der Waals surface area contributed by atoms with Crippen molar-refractivity contribution in [2.45, 2.75) is 18.6 Å². The van der Waals surface area contributed by atoms with Crippen LogP contribution >= 0.6 is 0 Å². The number of ether oxygens (including phenoxy) is 1. The van der Waals surface area contributed by atoms with Crippen LogP contribution in [0.3, 0.4) is 0 Å². The van der Waals surface area contributed by atoms with E-state index in [1.165, 1.54) is 0 Å². The number of aliphatic hydroxyl groups is 1. The van der Waals surface area contributed by atoms with E-state index in [0.717, 1.165) is 16.9 Å². The van der Waals surface area contributed by atoms with Crippen LogP contribution in [0.4, 0.5) is 0 Å². The summed E-state index contributed by atoms with van der Waals surface area (Å²) in [6.45, 7) is 1.90. The van der Waals surface area contributed by atoms with Crippen LogP contribution in [0.1, 0.15) is 18.1 Å². The van der Waals surface area contributed by atoms with E-state index in [-0.39, 0.29) is 6.10 Å². The van der Waals surface area contributed by atoms with Crippen molar-refractivity contribution in [2.75, 3.05) is 0 Å². The number of rotatable bonds is 1. The summed E-state index contributed by atoms with van der Waals surface area (Å²) in [5.74, 6) is 0.770. The largest absolute Gasteiger partial charge is 0.487 e. The second-order valence-electron chi connectivity index (χ2n) is 4.39. The van der Waals surface area contributed by atoms with Gasteiger partial charge in [-0.3, -0.25) is 0 Å². The van der Waals surface area contributed by atoms with Crippen LogP contribution < -0.4 is 4.74 Å². The van der Waals surface area contributed by atoms with Gasteiger partial charge in [0.15, 0.2) is 5.60 Å². The fraction of sp³-hybridized carbons (Fsp3) is 0.200. The van der Waals surface area contributed by atoms with Crippen LogP contribution in [0, 0.1) is 0 Å². The lowest BCUT2D eigenvalue weighted by atomic mass is 9.84. The molecule has 0 aromatic heterocycles. The topological polar surface area (TPSA) is 29.5 Å². The van der Waals surface area contributed by atoms with E-state index in [1.54, 1.807) is 0 Å². The zero-order chi connectivity index (χ0) is 11.9. The number of fused-ring (bicyclic) bond motifs is 1. The summed E-state index contributed by atoms with van der Waals surface area (Å²) in [6.07, 6.45) is -0.276. The number of hydrogen-bond acceptors (Lipinski definition) is 2. The molecule has 0 radical (unpaired) electrons. The van der Waals surface area contributed by atoms with Gasteiger partial charge in [0.25, 0.3) is 0 Å². The quantitative estimate of drug-likeness (QED) is 0.810. The smallest absolute Gasteiger partial charge is 0.155 e. The lowest BCUT2D eigenvalue weighted by Crippen LogP contribution is -2.36. The van der Waals surface area contributed by atoms with Crippen molar-refractivity contribution in [3.63, 3.8) is 0 Å². The molecule has 2 aromatic carbocycles. The second kappa shape index (κ2) is 3.60. The van der Waals surface area contributed by atoms with Crippen molar-refractivity contribution in [1.82, 2.24) is 0 Å². The summed E-state index contributed by atoms with van der Waals surface area (Å²) in [7, 11) is 0. The van der Waals surface area contributed by atoms with Crippen molar-refractivity contribution in [1.29, 1.82) is 0 Å². The van der Waals surface area contributed by atoms with Crippen LogP contribution in [0.2, 0.25) is 0 Å². The molecule has 2 aromatic rings. The predicted octanol–water partition coefficient (Wildman–Crippen LogP) is 2.70. The fourth-order valence-electron chi connectivity index (χ4n) is 2.46. The molecule has 1 aliphatic heterocycles. The molecule has 1 aliphatic rings. The summed E-state index contributed by atoms with van der Waals surface area (Å²) in [5, 5.41) is 11.0. The monoisotopic (exact) mass is 226 g/mol. The van der Waals surface area contributed by atoms with E-state index >= 15 is 0 Å². The summed E-state index contributed by atoms with van der Waals surface area (Å²) in [5.41, 5.74) is 0.675. The molecule has 2 heteroatoms. The maximum atomic E-state index is 11.0. The van der Waals surface area contributed by atoms with E-state index in [4.69, 9.17) is 4.74 Å². The summed E-state index contributed by atoms with van der Waals surface area (Å²) >= 11 is 0. The third-order valence-electron chi connectivity index (χ3n) is 3.40. The zero-order valence-corrected chi connectivity index (χ0v) is 9.63. The first kappa shape index (κ1) is 10.4. The first-order valence-corrected chi connectivity index (χ1v) is 5.77. The Hall–Kier alpha value is -1.80. The first-order chi connectivity index (χ1) is 8.23. The molecule has 0 bridgehead atoms. The van der Waals surface area contributed by atoms with E-state index in [0.29, 0.717) is 0 Å². The predicted molar refractivity (Wildman–Crippen MR) is 66.0 cm³/mol.